The number of carbonyl (C=O) groups is 1. The molecule has 0 N–H and O–H groups in total. The molecule has 0 atom stereocenters. The van der Waals surface area contributed by atoms with E-state index in [1.807, 2.05) is 31.6 Å². The van der Waals surface area contributed by atoms with E-state index in [1.165, 1.54) is 0 Å². The highest BCUT2D eigenvalue weighted by molar-refractivity contribution is 5.84. The Bertz CT molecular complexity index is 339. The van der Waals surface area contributed by atoms with Crippen molar-refractivity contribution in [2.24, 2.45) is 12.5 Å². The second-order valence-electron chi connectivity index (χ2n) is 4.61. The van der Waals surface area contributed by atoms with E-state index in [1.54, 1.807) is 6.20 Å². The number of carbonyl (C=O) groups excluding carboxylic acids is 1. The zero-order valence-electron chi connectivity index (χ0n) is 10.1. The zero-order chi connectivity index (χ0) is 11.5. The lowest BCUT2D eigenvalue weighted by molar-refractivity contribution is -0.127. The predicted molar refractivity (Wildman–Crippen MR) is 60.6 cm³/mol. The number of rotatable bonds is 5. The van der Waals surface area contributed by atoms with Gasteiger partial charge in [-0.15, -0.1) is 0 Å². The van der Waals surface area contributed by atoms with Gasteiger partial charge in [0.15, 0.2) is 0 Å². The monoisotopic (exact) mass is 208 g/mol. The molecule has 0 radical (unpaired) electrons. The van der Waals surface area contributed by atoms with Gasteiger partial charge in [-0.2, -0.15) is 5.10 Å². The van der Waals surface area contributed by atoms with Gasteiger partial charge in [0.05, 0.1) is 0 Å². The van der Waals surface area contributed by atoms with Crippen LogP contribution in [-0.4, -0.2) is 15.6 Å². The number of Topliss-reactive ketones (excluding diaryl/α,β-unsaturated/α-hetero) is 1. The number of hydrogen-bond donors (Lipinski definition) is 0. The van der Waals surface area contributed by atoms with Crippen molar-refractivity contribution in [3.8, 4) is 0 Å². The van der Waals surface area contributed by atoms with E-state index < -0.39 is 0 Å². The first-order valence-electron chi connectivity index (χ1n) is 5.47. The third-order valence-electron chi connectivity index (χ3n) is 3.17. The van der Waals surface area contributed by atoms with Crippen molar-refractivity contribution < 1.29 is 4.79 Å². The van der Waals surface area contributed by atoms with Gasteiger partial charge in [0.25, 0.3) is 0 Å². The summed E-state index contributed by atoms with van der Waals surface area (Å²) < 4.78 is 1.83. The lowest BCUT2D eigenvalue weighted by Crippen LogP contribution is -2.23. The summed E-state index contributed by atoms with van der Waals surface area (Å²) in [6, 6.07) is 1.96. The first-order valence-corrected chi connectivity index (χ1v) is 5.47. The molecule has 0 saturated carbocycles. The van der Waals surface area contributed by atoms with Crippen LogP contribution < -0.4 is 0 Å². The van der Waals surface area contributed by atoms with Crippen LogP contribution in [0.5, 0.6) is 0 Å². The summed E-state index contributed by atoms with van der Waals surface area (Å²) in [4.78, 5) is 11.9. The Morgan fingerprint density at radius 2 is 2.20 bits per heavy atom. The van der Waals surface area contributed by atoms with Crippen molar-refractivity contribution in [1.82, 2.24) is 9.78 Å². The Morgan fingerprint density at radius 3 is 2.67 bits per heavy atom. The first-order chi connectivity index (χ1) is 6.97. The Balaban J connectivity index is 2.52. The Morgan fingerprint density at radius 1 is 1.53 bits per heavy atom. The molecule has 3 heteroatoms. The molecule has 1 aromatic rings. The fourth-order valence-corrected chi connectivity index (χ4v) is 1.42. The molecule has 0 saturated heterocycles. The quantitative estimate of drug-likeness (QED) is 0.744. The van der Waals surface area contributed by atoms with Crippen LogP contribution in [0.15, 0.2) is 12.3 Å². The molecule has 0 aliphatic carbocycles. The summed E-state index contributed by atoms with van der Waals surface area (Å²) in [5.74, 6) is 0.339. The molecule has 0 spiro atoms. The number of ketones is 1. The maximum absolute atomic E-state index is 11.9. The smallest absolute Gasteiger partial charge is 0.138 e. The highest BCUT2D eigenvalue weighted by atomic mass is 16.1. The summed E-state index contributed by atoms with van der Waals surface area (Å²) in [5, 5.41) is 4.08. The maximum atomic E-state index is 11.9. The zero-order valence-corrected chi connectivity index (χ0v) is 10.1. The van der Waals surface area contributed by atoms with Gasteiger partial charge in [-0.25, -0.2) is 0 Å². The molecule has 1 aromatic heterocycles. The van der Waals surface area contributed by atoms with Crippen molar-refractivity contribution in [1.29, 1.82) is 0 Å². The fourth-order valence-electron chi connectivity index (χ4n) is 1.42. The normalized spacial score (nSPS) is 11.7. The summed E-state index contributed by atoms with van der Waals surface area (Å²) in [6.45, 7) is 6.08. The molecule has 0 unspecified atom stereocenters. The van der Waals surface area contributed by atoms with E-state index in [9.17, 15) is 4.79 Å². The molecule has 1 rings (SSSR count). The highest BCUT2D eigenvalue weighted by Crippen LogP contribution is 2.23. The van der Waals surface area contributed by atoms with Crippen molar-refractivity contribution in [3.63, 3.8) is 0 Å². The number of aryl methyl sites for hydroxylation is 2. The van der Waals surface area contributed by atoms with E-state index in [-0.39, 0.29) is 5.41 Å². The van der Waals surface area contributed by atoms with Crippen molar-refractivity contribution in [2.75, 3.05) is 0 Å². The van der Waals surface area contributed by atoms with Gasteiger partial charge in [-0.05, 0) is 18.9 Å². The van der Waals surface area contributed by atoms with Gasteiger partial charge in [0, 0.05) is 30.8 Å². The van der Waals surface area contributed by atoms with E-state index >= 15 is 0 Å². The summed E-state index contributed by atoms with van der Waals surface area (Å²) in [5.41, 5.74) is 0.939. The topological polar surface area (TPSA) is 34.9 Å². The fraction of sp³-hybridized carbons (Fsp3) is 0.667. The molecule has 0 aromatic carbocycles. The van der Waals surface area contributed by atoms with Crippen LogP contribution >= 0.6 is 0 Å². The lowest BCUT2D eigenvalue weighted by Gasteiger charge is -2.20. The minimum Gasteiger partial charge on any atom is -0.299 e. The van der Waals surface area contributed by atoms with Gasteiger partial charge in [0.2, 0.25) is 0 Å². The summed E-state index contributed by atoms with van der Waals surface area (Å²) >= 11 is 0. The van der Waals surface area contributed by atoms with Crippen molar-refractivity contribution in [3.05, 3.63) is 18.0 Å². The molecule has 0 amide bonds. The van der Waals surface area contributed by atoms with E-state index in [0.29, 0.717) is 12.2 Å². The van der Waals surface area contributed by atoms with Gasteiger partial charge < -0.3 is 0 Å². The maximum Gasteiger partial charge on any atom is 0.138 e. The van der Waals surface area contributed by atoms with Crippen LogP contribution in [0.3, 0.4) is 0 Å². The van der Waals surface area contributed by atoms with E-state index in [4.69, 9.17) is 0 Å². The number of aromatic nitrogens is 2. The largest absolute Gasteiger partial charge is 0.299 e. The molecule has 0 aliphatic heterocycles. The Kier molecular flexibility index (Phi) is 3.66. The van der Waals surface area contributed by atoms with E-state index in [0.717, 1.165) is 18.5 Å². The summed E-state index contributed by atoms with van der Waals surface area (Å²) in [7, 11) is 1.91. The standard InChI is InChI=1S/C12H20N2O/c1-5-12(2,3)11(15)7-6-10-8-9-13-14(10)4/h8-9H,5-7H2,1-4H3. The number of nitrogens with zero attached hydrogens (tertiary/aromatic N) is 2. The van der Waals surface area contributed by atoms with Crippen LogP contribution in [0.4, 0.5) is 0 Å². The molecule has 84 valence electrons. The molecular formula is C12H20N2O. The first kappa shape index (κ1) is 12.0. The molecule has 0 fully saturated rings. The average molecular weight is 208 g/mol. The molecular weight excluding hydrogens is 188 g/mol. The minimum absolute atomic E-state index is 0.182. The third kappa shape index (κ3) is 2.91. The van der Waals surface area contributed by atoms with E-state index in [2.05, 4.69) is 12.0 Å². The molecule has 3 nitrogen and oxygen atoms in total. The molecule has 0 bridgehead atoms. The highest BCUT2D eigenvalue weighted by Gasteiger charge is 2.24. The Labute approximate surface area is 91.5 Å². The molecule has 1 heterocycles. The van der Waals surface area contributed by atoms with Crippen LogP contribution in [-0.2, 0) is 18.3 Å². The number of hydrogen-bond acceptors (Lipinski definition) is 2. The van der Waals surface area contributed by atoms with Crippen LogP contribution in [0.25, 0.3) is 0 Å². The predicted octanol–water partition coefficient (Wildman–Crippen LogP) is 2.36. The van der Waals surface area contributed by atoms with Gasteiger partial charge in [-0.1, -0.05) is 20.8 Å². The van der Waals surface area contributed by atoms with Crippen molar-refractivity contribution >= 4 is 5.78 Å². The van der Waals surface area contributed by atoms with Gasteiger partial charge in [0.1, 0.15) is 5.78 Å². The third-order valence-corrected chi connectivity index (χ3v) is 3.17. The molecule has 0 aliphatic rings. The van der Waals surface area contributed by atoms with Crippen LogP contribution in [0.1, 0.15) is 39.3 Å². The van der Waals surface area contributed by atoms with Gasteiger partial charge >= 0.3 is 0 Å². The Hall–Kier alpha value is -1.12. The second-order valence-corrected chi connectivity index (χ2v) is 4.61. The minimum atomic E-state index is -0.182. The van der Waals surface area contributed by atoms with Gasteiger partial charge in [-0.3, -0.25) is 9.48 Å². The van der Waals surface area contributed by atoms with Crippen LogP contribution in [0, 0.1) is 5.41 Å². The lowest BCUT2D eigenvalue weighted by atomic mass is 9.83. The average Bonchev–Trinajstić information content (AvgIpc) is 2.60. The van der Waals surface area contributed by atoms with Crippen molar-refractivity contribution in [2.45, 2.75) is 40.0 Å². The molecule has 15 heavy (non-hydrogen) atoms. The second kappa shape index (κ2) is 4.60. The van der Waals surface area contributed by atoms with Crippen LogP contribution in [0.2, 0.25) is 0 Å². The SMILES string of the molecule is CCC(C)(C)C(=O)CCc1ccnn1C. The summed E-state index contributed by atoms with van der Waals surface area (Å²) in [6.07, 6.45) is 4.07.